The first-order chi connectivity index (χ1) is 6.98. The van der Waals surface area contributed by atoms with Crippen molar-refractivity contribution in [1.82, 2.24) is 15.1 Å². The van der Waals surface area contributed by atoms with Crippen LogP contribution in [-0.2, 0) is 11.3 Å². The number of likely N-dealkylation sites (N-methyl/N-ethyl adjacent to an activating group) is 1. The van der Waals surface area contributed by atoms with Crippen molar-refractivity contribution in [2.24, 2.45) is 0 Å². The largest absolute Gasteiger partial charge is 0.480 e. The SMILES string of the molecule is CNC(C)(CCn1cc(I)cn1)C(=O)O. The van der Waals surface area contributed by atoms with Crippen molar-refractivity contribution in [2.45, 2.75) is 25.4 Å². The summed E-state index contributed by atoms with van der Waals surface area (Å²) < 4.78 is 2.80. The Labute approximate surface area is 102 Å². The number of nitrogens with one attached hydrogen (secondary N) is 1. The molecule has 1 aromatic rings. The minimum Gasteiger partial charge on any atom is -0.480 e. The van der Waals surface area contributed by atoms with E-state index >= 15 is 0 Å². The van der Waals surface area contributed by atoms with E-state index in [0.29, 0.717) is 13.0 Å². The third kappa shape index (κ3) is 3.16. The van der Waals surface area contributed by atoms with Crippen molar-refractivity contribution in [3.05, 3.63) is 16.0 Å². The third-order valence-electron chi connectivity index (χ3n) is 2.47. The van der Waals surface area contributed by atoms with Crippen LogP contribution in [0, 0.1) is 3.57 Å². The zero-order valence-corrected chi connectivity index (χ0v) is 10.9. The van der Waals surface area contributed by atoms with Crippen molar-refractivity contribution >= 4 is 28.6 Å². The van der Waals surface area contributed by atoms with Gasteiger partial charge >= 0.3 is 5.97 Å². The number of carboxylic acid groups (broad SMARTS) is 1. The molecule has 5 nitrogen and oxygen atoms in total. The van der Waals surface area contributed by atoms with E-state index < -0.39 is 11.5 Å². The number of carbonyl (C=O) groups is 1. The van der Waals surface area contributed by atoms with Crippen molar-refractivity contribution in [3.8, 4) is 0 Å². The minimum atomic E-state index is -0.891. The molecule has 0 radical (unpaired) electrons. The number of aromatic nitrogens is 2. The normalized spacial score (nSPS) is 14.9. The first kappa shape index (κ1) is 12.4. The molecule has 0 saturated heterocycles. The van der Waals surface area contributed by atoms with Crippen LogP contribution in [-0.4, -0.2) is 33.4 Å². The molecule has 15 heavy (non-hydrogen) atoms. The van der Waals surface area contributed by atoms with Gasteiger partial charge in [-0.1, -0.05) is 0 Å². The van der Waals surface area contributed by atoms with Crippen LogP contribution in [0.25, 0.3) is 0 Å². The van der Waals surface area contributed by atoms with Crippen LogP contribution in [0.4, 0.5) is 0 Å². The van der Waals surface area contributed by atoms with Crippen molar-refractivity contribution in [1.29, 1.82) is 0 Å². The summed E-state index contributed by atoms with van der Waals surface area (Å²) in [5.41, 5.74) is -0.891. The Hall–Kier alpha value is -0.630. The number of halogens is 1. The van der Waals surface area contributed by atoms with Crippen LogP contribution in [0.2, 0.25) is 0 Å². The van der Waals surface area contributed by atoms with Gasteiger partial charge in [0.05, 0.1) is 9.77 Å². The molecule has 0 bridgehead atoms. The first-order valence-corrected chi connectivity index (χ1v) is 5.66. The van der Waals surface area contributed by atoms with Gasteiger partial charge in [-0.3, -0.25) is 9.48 Å². The zero-order chi connectivity index (χ0) is 11.5. The second kappa shape index (κ2) is 4.93. The molecule has 1 unspecified atom stereocenters. The second-order valence-corrected chi connectivity index (χ2v) is 4.80. The third-order valence-corrected chi connectivity index (χ3v) is 3.02. The quantitative estimate of drug-likeness (QED) is 0.792. The van der Waals surface area contributed by atoms with E-state index in [4.69, 9.17) is 5.11 Å². The van der Waals surface area contributed by atoms with Gasteiger partial charge in [-0.15, -0.1) is 0 Å². The number of rotatable bonds is 5. The number of hydrogen-bond acceptors (Lipinski definition) is 3. The maximum absolute atomic E-state index is 11.0. The van der Waals surface area contributed by atoms with E-state index in [-0.39, 0.29) is 0 Å². The summed E-state index contributed by atoms with van der Waals surface area (Å²) in [7, 11) is 1.65. The van der Waals surface area contributed by atoms with Crippen LogP contribution >= 0.6 is 22.6 Å². The van der Waals surface area contributed by atoms with Gasteiger partial charge in [0.2, 0.25) is 0 Å². The fraction of sp³-hybridized carbons (Fsp3) is 0.556. The van der Waals surface area contributed by atoms with Gasteiger partial charge in [0.25, 0.3) is 0 Å². The van der Waals surface area contributed by atoms with E-state index in [2.05, 4.69) is 33.0 Å². The lowest BCUT2D eigenvalue weighted by Gasteiger charge is -2.23. The van der Waals surface area contributed by atoms with E-state index in [1.54, 1.807) is 24.9 Å². The summed E-state index contributed by atoms with van der Waals surface area (Å²) in [6.45, 7) is 2.26. The zero-order valence-electron chi connectivity index (χ0n) is 8.70. The Kier molecular flexibility index (Phi) is 4.09. The summed E-state index contributed by atoms with van der Waals surface area (Å²) >= 11 is 2.17. The lowest BCUT2D eigenvalue weighted by molar-refractivity contribution is -0.144. The molecule has 0 aliphatic heterocycles. The highest BCUT2D eigenvalue weighted by molar-refractivity contribution is 14.1. The number of aliphatic carboxylic acids is 1. The van der Waals surface area contributed by atoms with Gasteiger partial charge in [0.1, 0.15) is 5.54 Å². The average Bonchev–Trinajstić information content (AvgIpc) is 2.60. The standard InChI is InChI=1S/C9H14IN3O2/c1-9(11-2,8(14)15)3-4-13-6-7(10)5-12-13/h5-6,11H,3-4H2,1-2H3,(H,14,15). The molecular weight excluding hydrogens is 309 g/mol. The molecule has 1 rings (SSSR count). The van der Waals surface area contributed by atoms with Crippen LogP contribution in [0.5, 0.6) is 0 Å². The molecule has 6 heteroatoms. The molecule has 0 aliphatic carbocycles. The molecule has 0 saturated carbocycles. The Bertz CT molecular complexity index is 353. The average molecular weight is 323 g/mol. The summed E-state index contributed by atoms with van der Waals surface area (Å²) in [5.74, 6) is -0.841. The topological polar surface area (TPSA) is 67.2 Å². The summed E-state index contributed by atoms with van der Waals surface area (Å²) in [6.07, 6.45) is 4.13. The highest BCUT2D eigenvalue weighted by atomic mass is 127. The van der Waals surface area contributed by atoms with E-state index in [1.165, 1.54) is 0 Å². The Morgan fingerprint density at radius 1 is 1.80 bits per heavy atom. The molecule has 0 aliphatic rings. The highest BCUT2D eigenvalue weighted by Gasteiger charge is 2.30. The second-order valence-electron chi connectivity index (χ2n) is 3.56. The Balaban J connectivity index is 2.59. The molecule has 1 aromatic heterocycles. The number of carboxylic acids is 1. The predicted molar refractivity (Wildman–Crippen MR) is 64.7 cm³/mol. The molecule has 0 aromatic carbocycles. The van der Waals surface area contributed by atoms with Gasteiger partial charge < -0.3 is 10.4 Å². The van der Waals surface area contributed by atoms with Crippen LogP contribution in [0.1, 0.15) is 13.3 Å². The number of hydrogen-bond donors (Lipinski definition) is 2. The van der Waals surface area contributed by atoms with Crippen LogP contribution in [0.15, 0.2) is 12.4 Å². The van der Waals surface area contributed by atoms with Gasteiger partial charge in [-0.25, -0.2) is 0 Å². The fourth-order valence-electron chi connectivity index (χ4n) is 1.14. The van der Waals surface area contributed by atoms with Crippen molar-refractivity contribution in [2.75, 3.05) is 7.05 Å². The Morgan fingerprint density at radius 3 is 2.87 bits per heavy atom. The smallest absolute Gasteiger partial charge is 0.323 e. The molecule has 84 valence electrons. The highest BCUT2D eigenvalue weighted by Crippen LogP contribution is 2.11. The minimum absolute atomic E-state index is 0.497. The molecule has 1 atom stereocenters. The summed E-state index contributed by atoms with van der Waals surface area (Å²) in [4.78, 5) is 11.0. The van der Waals surface area contributed by atoms with Crippen LogP contribution in [0.3, 0.4) is 0 Å². The summed E-state index contributed by atoms with van der Waals surface area (Å²) in [6, 6.07) is 0. The van der Waals surface area contributed by atoms with Gasteiger partial charge in [0.15, 0.2) is 0 Å². The van der Waals surface area contributed by atoms with Gasteiger partial charge in [-0.2, -0.15) is 5.10 Å². The number of nitrogens with zero attached hydrogens (tertiary/aromatic N) is 2. The molecular formula is C9H14IN3O2. The lowest BCUT2D eigenvalue weighted by atomic mass is 9.98. The maximum Gasteiger partial charge on any atom is 0.323 e. The van der Waals surface area contributed by atoms with Crippen molar-refractivity contribution in [3.63, 3.8) is 0 Å². The van der Waals surface area contributed by atoms with Gasteiger partial charge in [-0.05, 0) is 43.0 Å². The number of aryl methyl sites for hydroxylation is 1. The van der Waals surface area contributed by atoms with Crippen molar-refractivity contribution < 1.29 is 9.90 Å². The van der Waals surface area contributed by atoms with Crippen LogP contribution < -0.4 is 5.32 Å². The molecule has 0 spiro atoms. The molecule has 1 heterocycles. The monoisotopic (exact) mass is 323 g/mol. The molecule has 0 amide bonds. The predicted octanol–water partition coefficient (Wildman–Crippen LogP) is 0.940. The van der Waals surface area contributed by atoms with E-state index in [1.807, 2.05) is 6.20 Å². The first-order valence-electron chi connectivity index (χ1n) is 4.58. The summed E-state index contributed by atoms with van der Waals surface area (Å²) in [5, 5.41) is 15.9. The molecule has 2 N–H and O–H groups in total. The lowest BCUT2D eigenvalue weighted by Crippen LogP contribution is -2.48. The Morgan fingerprint density at radius 2 is 2.47 bits per heavy atom. The maximum atomic E-state index is 11.0. The fourth-order valence-corrected chi connectivity index (χ4v) is 1.58. The van der Waals surface area contributed by atoms with Gasteiger partial charge in [0, 0.05) is 12.7 Å². The van der Waals surface area contributed by atoms with E-state index in [9.17, 15) is 4.79 Å². The van der Waals surface area contributed by atoms with E-state index in [0.717, 1.165) is 3.57 Å². The molecule has 0 fully saturated rings.